The molecule has 0 bridgehead atoms. The largest absolute Gasteiger partial charge is 0.321 e. The summed E-state index contributed by atoms with van der Waals surface area (Å²) < 4.78 is 1.72. The van der Waals surface area contributed by atoms with Crippen LogP contribution in [0, 0.1) is 0 Å². The van der Waals surface area contributed by atoms with Crippen molar-refractivity contribution in [2.75, 3.05) is 5.32 Å². The van der Waals surface area contributed by atoms with E-state index in [1.807, 2.05) is 78.2 Å². The summed E-state index contributed by atoms with van der Waals surface area (Å²) in [5, 5.41) is 19.6. The molecule has 2 aromatic heterocycles. The Hall–Kier alpha value is -4.54. The zero-order valence-electron chi connectivity index (χ0n) is 20.0. The molecule has 0 fully saturated rings. The third kappa shape index (κ3) is 6.41. The molecule has 0 spiro atoms. The van der Waals surface area contributed by atoms with Gasteiger partial charge in [0.2, 0.25) is 0 Å². The molecule has 0 unspecified atom stereocenters. The Balaban J connectivity index is 1.24. The average molecular weight is 539 g/mol. The molecule has 0 aliphatic carbocycles. The number of rotatable bonds is 9. The Morgan fingerprint density at radius 2 is 1.63 bits per heavy atom. The van der Waals surface area contributed by atoms with Crippen molar-refractivity contribution in [3.63, 3.8) is 0 Å². The van der Waals surface area contributed by atoms with E-state index in [1.165, 1.54) is 11.3 Å². The summed E-state index contributed by atoms with van der Waals surface area (Å²) in [5.74, 6) is 0.543. The van der Waals surface area contributed by atoms with Gasteiger partial charge in [-0.05, 0) is 76.5 Å². The van der Waals surface area contributed by atoms with E-state index in [0.717, 1.165) is 21.3 Å². The van der Waals surface area contributed by atoms with Gasteiger partial charge in [-0.25, -0.2) is 0 Å². The zero-order chi connectivity index (χ0) is 26.2. The van der Waals surface area contributed by atoms with Gasteiger partial charge >= 0.3 is 0 Å². The molecule has 3 aromatic carbocycles. The first-order valence-corrected chi connectivity index (χ1v) is 13.5. The number of hydrogen-bond acceptors (Lipinski definition) is 7. The van der Waals surface area contributed by atoms with Crippen LogP contribution in [0.5, 0.6) is 0 Å². The maximum Gasteiger partial charge on any atom is 0.272 e. The molecular weight excluding hydrogens is 516 g/mol. The van der Waals surface area contributed by atoms with Crippen LogP contribution in [0.3, 0.4) is 0 Å². The van der Waals surface area contributed by atoms with Crippen LogP contribution in [0.1, 0.15) is 21.1 Å². The first kappa shape index (κ1) is 25.1. The maximum atomic E-state index is 13.1. The van der Waals surface area contributed by atoms with E-state index < -0.39 is 5.91 Å². The second-order valence-corrected chi connectivity index (χ2v) is 10.0. The number of thiophene rings is 1. The molecule has 5 rings (SSSR count). The summed E-state index contributed by atoms with van der Waals surface area (Å²) in [6.45, 7) is 0. The van der Waals surface area contributed by atoms with E-state index in [4.69, 9.17) is 0 Å². The summed E-state index contributed by atoms with van der Waals surface area (Å²) in [6, 6.07) is 29.8. The number of carbonyl (C=O) groups excluding carboxylic acids is 2. The number of benzene rings is 3. The number of tetrazole rings is 1. The van der Waals surface area contributed by atoms with E-state index in [2.05, 4.69) is 26.2 Å². The first-order valence-electron chi connectivity index (χ1n) is 11.6. The van der Waals surface area contributed by atoms with E-state index in [9.17, 15) is 9.59 Å². The molecule has 188 valence electrons. The summed E-state index contributed by atoms with van der Waals surface area (Å²) in [4.78, 5) is 27.7. The van der Waals surface area contributed by atoms with Crippen LogP contribution >= 0.6 is 23.1 Å². The van der Waals surface area contributed by atoms with Gasteiger partial charge in [-0.1, -0.05) is 42.5 Å². The highest BCUT2D eigenvalue weighted by Gasteiger charge is 2.15. The van der Waals surface area contributed by atoms with Crippen molar-refractivity contribution in [3.05, 3.63) is 124 Å². The smallest absolute Gasteiger partial charge is 0.272 e. The van der Waals surface area contributed by atoms with E-state index in [1.54, 1.807) is 46.8 Å². The number of hydrogen-bond donors (Lipinski definition) is 2. The van der Waals surface area contributed by atoms with Gasteiger partial charge in [-0.15, -0.1) is 28.2 Å². The number of aromatic nitrogens is 4. The van der Waals surface area contributed by atoms with Crippen molar-refractivity contribution in [2.24, 2.45) is 0 Å². The SMILES string of the molecule is O=C(Nc1ccc(SCc2nnnn2-c2ccccc2)cc1)/C(=C/c1cccs1)NC(=O)c1ccccc1. The highest BCUT2D eigenvalue weighted by molar-refractivity contribution is 7.98. The third-order valence-corrected chi connectivity index (χ3v) is 7.20. The monoisotopic (exact) mass is 538 g/mol. The quantitative estimate of drug-likeness (QED) is 0.192. The van der Waals surface area contributed by atoms with Crippen LogP contribution in [0.15, 0.2) is 113 Å². The Morgan fingerprint density at radius 3 is 2.34 bits per heavy atom. The number of anilines is 1. The topological polar surface area (TPSA) is 102 Å². The highest BCUT2D eigenvalue weighted by Crippen LogP contribution is 2.24. The molecule has 2 heterocycles. The van der Waals surface area contributed by atoms with Gasteiger partial charge in [0, 0.05) is 21.0 Å². The van der Waals surface area contributed by atoms with Crippen LogP contribution in [0.25, 0.3) is 11.8 Å². The maximum absolute atomic E-state index is 13.1. The highest BCUT2D eigenvalue weighted by atomic mass is 32.2. The fourth-order valence-electron chi connectivity index (χ4n) is 3.50. The zero-order valence-corrected chi connectivity index (χ0v) is 21.7. The van der Waals surface area contributed by atoms with Crippen molar-refractivity contribution in [3.8, 4) is 5.69 Å². The van der Waals surface area contributed by atoms with Crippen molar-refractivity contribution < 1.29 is 9.59 Å². The van der Waals surface area contributed by atoms with Gasteiger partial charge in [0.1, 0.15) is 5.70 Å². The van der Waals surface area contributed by atoms with Gasteiger partial charge in [-0.3, -0.25) is 9.59 Å². The van der Waals surface area contributed by atoms with Gasteiger partial charge in [0.25, 0.3) is 11.8 Å². The Kier molecular flexibility index (Phi) is 8.02. The lowest BCUT2D eigenvalue weighted by Crippen LogP contribution is -2.30. The fourth-order valence-corrected chi connectivity index (χ4v) is 4.97. The summed E-state index contributed by atoms with van der Waals surface area (Å²) in [7, 11) is 0. The molecule has 0 saturated heterocycles. The van der Waals surface area contributed by atoms with Gasteiger partial charge in [0.15, 0.2) is 5.82 Å². The number of amides is 2. The van der Waals surface area contributed by atoms with E-state index in [0.29, 0.717) is 17.0 Å². The molecule has 0 aliphatic rings. The Bertz CT molecular complexity index is 1530. The van der Waals surface area contributed by atoms with Crippen molar-refractivity contribution in [2.45, 2.75) is 10.6 Å². The summed E-state index contributed by atoms with van der Waals surface area (Å²) in [6.07, 6.45) is 1.67. The summed E-state index contributed by atoms with van der Waals surface area (Å²) >= 11 is 3.06. The molecule has 5 aromatic rings. The molecule has 8 nitrogen and oxygen atoms in total. The molecule has 0 atom stereocenters. The normalized spacial score (nSPS) is 11.2. The second-order valence-electron chi connectivity index (χ2n) is 8.00. The minimum Gasteiger partial charge on any atom is -0.321 e. The number of nitrogens with one attached hydrogen (secondary N) is 2. The average Bonchev–Trinajstić information content (AvgIpc) is 3.65. The molecule has 0 saturated carbocycles. The first-order chi connectivity index (χ1) is 18.7. The van der Waals surface area contributed by atoms with Crippen LogP contribution in [-0.2, 0) is 10.5 Å². The molecule has 0 radical (unpaired) electrons. The lowest BCUT2D eigenvalue weighted by Gasteiger charge is -2.11. The van der Waals surface area contributed by atoms with Crippen molar-refractivity contribution in [1.82, 2.24) is 25.5 Å². The number of nitrogens with zero attached hydrogens (tertiary/aromatic N) is 4. The molecule has 0 aliphatic heterocycles. The molecule has 2 amide bonds. The number of thioether (sulfide) groups is 1. The summed E-state index contributed by atoms with van der Waals surface area (Å²) in [5.41, 5.74) is 2.14. The number of carbonyl (C=O) groups is 2. The third-order valence-electron chi connectivity index (χ3n) is 5.37. The molecule has 2 N–H and O–H groups in total. The van der Waals surface area contributed by atoms with Gasteiger partial charge in [0.05, 0.1) is 11.4 Å². The minimum atomic E-state index is -0.412. The van der Waals surface area contributed by atoms with Crippen molar-refractivity contribution >= 4 is 46.7 Å². The van der Waals surface area contributed by atoms with Gasteiger partial charge in [-0.2, -0.15) is 4.68 Å². The predicted octanol–water partition coefficient (Wildman–Crippen LogP) is 5.43. The predicted molar refractivity (Wildman–Crippen MR) is 150 cm³/mol. The van der Waals surface area contributed by atoms with Crippen LogP contribution in [-0.4, -0.2) is 32.0 Å². The standard InChI is InChI=1S/C28H22N6O2S2/c35-27(20-8-3-1-4-9-20)30-25(18-24-12-7-17-37-24)28(36)29-21-13-15-23(16-14-21)38-19-26-31-32-33-34(26)22-10-5-2-6-11-22/h1-18H,19H2,(H,29,36)(H,30,35)/b25-18-. The van der Waals surface area contributed by atoms with Crippen molar-refractivity contribution in [1.29, 1.82) is 0 Å². The minimum absolute atomic E-state index is 0.160. The second kappa shape index (κ2) is 12.1. The molecule has 38 heavy (non-hydrogen) atoms. The Labute approximate surface area is 227 Å². The number of para-hydroxylation sites is 1. The Morgan fingerprint density at radius 1 is 0.895 bits per heavy atom. The van der Waals surface area contributed by atoms with E-state index in [-0.39, 0.29) is 11.6 Å². The lowest BCUT2D eigenvalue weighted by molar-refractivity contribution is -0.113. The van der Waals surface area contributed by atoms with Crippen LogP contribution in [0.2, 0.25) is 0 Å². The van der Waals surface area contributed by atoms with E-state index >= 15 is 0 Å². The lowest BCUT2D eigenvalue weighted by atomic mass is 10.2. The van der Waals surface area contributed by atoms with Crippen LogP contribution in [0.4, 0.5) is 5.69 Å². The van der Waals surface area contributed by atoms with Crippen LogP contribution < -0.4 is 10.6 Å². The fraction of sp³-hybridized carbons (Fsp3) is 0.0357. The molecule has 10 heteroatoms. The molecular formula is C28H22N6O2S2. The van der Waals surface area contributed by atoms with Gasteiger partial charge < -0.3 is 10.6 Å².